The van der Waals surface area contributed by atoms with E-state index in [1.165, 1.54) is 24.4 Å². The van der Waals surface area contributed by atoms with E-state index in [1.807, 2.05) is 31.2 Å². The Morgan fingerprint density at radius 3 is 2.43 bits per heavy atom. The van der Waals surface area contributed by atoms with E-state index in [2.05, 4.69) is 20.6 Å². The number of carbonyl (C=O) groups is 1. The Morgan fingerprint density at radius 1 is 1.04 bits per heavy atom. The molecule has 0 bridgehead atoms. The van der Waals surface area contributed by atoms with E-state index in [9.17, 15) is 18.0 Å². The SMILES string of the molecule is Cc1ccccc1CNC(=O)c1ccnc(Nc2ccc(C(F)(F)F)cc2)n1. The van der Waals surface area contributed by atoms with Crippen LogP contribution in [0.5, 0.6) is 0 Å². The first-order chi connectivity index (χ1) is 13.3. The van der Waals surface area contributed by atoms with Crippen molar-refractivity contribution in [1.29, 1.82) is 0 Å². The lowest BCUT2D eigenvalue weighted by Crippen LogP contribution is -2.24. The van der Waals surface area contributed by atoms with Crippen molar-refractivity contribution < 1.29 is 18.0 Å². The average Bonchev–Trinajstić information content (AvgIpc) is 2.67. The molecule has 2 aromatic carbocycles. The molecule has 3 aromatic rings. The number of rotatable bonds is 5. The quantitative estimate of drug-likeness (QED) is 0.679. The maximum Gasteiger partial charge on any atom is 0.416 e. The normalized spacial score (nSPS) is 11.1. The summed E-state index contributed by atoms with van der Waals surface area (Å²) < 4.78 is 37.9. The van der Waals surface area contributed by atoms with E-state index in [0.29, 0.717) is 12.2 Å². The fourth-order valence-corrected chi connectivity index (χ4v) is 2.49. The van der Waals surface area contributed by atoms with Crippen LogP contribution in [-0.2, 0) is 12.7 Å². The number of carbonyl (C=O) groups excluding carboxylic acids is 1. The van der Waals surface area contributed by atoms with Gasteiger partial charge in [-0.3, -0.25) is 4.79 Å². The predicted molar refractivity (Wildman–Crippen MR) is 99.1 cm³/mol. The molecule has 5 nitrogen and oxygen atoms in total. The number of aromatic nitrogens is 2. The van der Waals surface area contributed by atoms with Crippen molar-refractivity contribution in [3.05, 3.63) is 83.2 Å². The van der Waals surface area contributed by atoms with E-state index in [4.69, 9.17) is 0 Å². The van der Waals surface area contributed by atoms with Crippen molar-refractivity contribution in [1.82, 2.24) is 15.3 Å². The fraction of sp³-hybridized carbons (Fsp3) is 0.150. The van der Waals surface area contributed by atoms with Gasteiger partial charge in [0.25, 0.3) is 5.91 Å². The van der Waals surface area contributed by atoms with Gasteiger partial charge in [-0.05, 0) is 48.4 Å². The van der Waals surface area contributed by atoms with Gasteiger partial charge < -0.3 is 10.6 Å². The lowest BCUT2D eigenvalue weighted by atomic mass is 10.1. The van der Waals surface area contributed by atoms with Gasteiger partial charge in [-0.15, -0.1) is 0 Å². The van der Waals surface area contributed by atoms with Gasteiger partial charge in [0.1, 0.15) is 5.69 Å². The molecule has 0 unspecified atom stereocenters. The molecule has 1 amide bonds. The number of anilines is 2. The van der Waals surface area contributed by atoms with Crippen LogP contribution in [0.2, 0.25) is 0 Å². The number of nitrogens with one attached hydrogen (secondary N) is 2. The standard InChI is InChI=1S/C20H17F3N4O/c1-13-4-2-3-5-14(13)12-25-18(28)17-10-11-24-19(27-17)26-16-8-6-15(7-9-16)20(21,22)23/h2-11H,12H2,1H3,(H,25,28)(H,24,26,27). The summed E-state index contributed by atoms with van der Waals surface area (Å²) in [5, 5.41) is 5.58. The number of benzene rings is 2. The molecule has 0 aliphatic rings. The first kappa shape index (κ1) is 19.3. The molecule has 0 saturated heterocycles. The van der Waals surface area contributed by atoms with Gasteiger partial charge in [-0.1, -0.05) is 24.3 Å². The number of hydrogen-bond acceptors (Lipinski definition) is 4. The van der Waals surface area contributed by atoms with Crippen LogP contribution < -0.4 is 10.6 Å². The Kier molecular flexibility index (Phi) is 5.58. The van der Waals surface area contributed by atoms with E-state index in [-0.39, 0.29) is 17.5 Å². The number of alkyl halides is 3. The summed E-state index contributed by atoms with van der Waals surface area (Å²) >= 11 is 0. The summed E-state index contributed by atoms with van der Waals surface area (Å²) in [4.78, 5) is 20.4. The Bertz CT molecular complexity index is 972. The third kappa shape index (κ3) is 4.85. The van der Waals surface area contributed by atoms with Gasteiger partial charge in [0, 0.05) is 18.4 Å². The predicted octanol–water partition coefficient (Wildman–Crippen LogP) is 4.48. The summed E-state index contributed by atoms with van der Waals surface area (Å²) in [7, 11) is 0. The first-order valence-electron chi connectivity index (χ1n) is 8.43. The van der Waals surface area contributed by atoms with Crippen molar-refractivity contribution in [3.8, 4) is 0 Å². The lowest BCUT2D eigenvalue weighted by molar-refractivity contribution is -0.137. The summed E-state index contributed by atoms with van der Waals surface area (Å²) in [6.45, 7) is 2.31. The minimum atomic E-state index is -4.40. The largest absolute Gasteiger partial charge is 0.416 e. The molecular formula is C20H17F3N4O. The lowest BCUT2D eigenvalue weighted by Gasteiger charge is -2.10. The molecule has 144 valence electrons. The Hall–Kier alpha value is -3.42. The van der Waals surface area contributed by atoms with Crippen LogP contribution in [-0.4, -0.2) is 15.9 Å². The fourth-order valence-electron chi connectivity index (χ4n) is 2.49. The van der Waals surface area contributed by atoms with Crippen molar-refractivity contribution in [2.24, 2.45) is 0 Å². The number of aryl methyl sites for hydroxylation is 1. The molecule has 0 atom stereocenters. The second-order valence-electron chi connectivity index (χ2n) is 6.07. The maximum atomic E-state index is 12.6. The van der Waals surface area contributed by atoms with Gasteiger partial charge >= 0.3 is 6.18 Å². The van der Waals surface area contributed by atoms with E-state index in [0.717, 1.165) is 23.3 Å². The molecule has 8 heteroatoms. The van der Waals surface area contributed by atoms with Crippen LogP contribution >= 0.6 is 0 Å². The second-order valence-corrected chi connectivity index (χ2v) is 6.07. The summed E-state index contributed by atoms with van der Waals surface area (Å²) in [6, 6.07) is 13.6. The van der Waals surface area contributed by atoms with Gasteiger partial charge in [0.15, 0.2) is 0 Å². The molecule has 0 aliphatic carbocycles. The second kappa shape index (κ2) is 8.08. The number of halogens is 3. The summed E-state index contributed by atoms with van der Waals surface area (Å²) in [5.74, 6) is -0.260. The third-order valence-corrected chi connectivity index (χ3v) is 4.06. The van der Waals surface area contributed by atoms with E-state index >= 15 is 0 Å². The molecule has 0 fully saturated rings. The van der Waals surface area contributed by atoms with Crippen LogP contribution in [0.15, 0.2) is 60.8 Å². The molecule has 0 saturated carbocycles. The van der Waals surface area contributed by atoms with Crippen molar-refractivity contribution in [2.45, 2.75) is 19.6 Å². The maximum absolute atomic E-state index is 12.6. The summed E-state index contributed by atoms with van der Waals surface area (Å²) in [5.41, 5.74) is 1.84. The minimum Gasteiger partial charge on any atom is -0.347 e. The summed E-state index contributed by atoms with van der Waals surface area (Å²) in [6.07, 6.45) is -2.99. The van der Waals surface area contributed by atoms with Crippen molar-refractivity contribution in [2.75, 3.05) is 5.32 Å². The van der Waals surface area contributed by atoms with Crippen LogP contribution in [0, 0.1) is 6.92 Å². The minimum absolute atomic E-state index is 0.114. The molecule has 2 N–H and O–H groups in total. The molecule has 1 heterocycles. The molecule has 0 spiro atoms. The Morgan fingerprint density at radius 2 is 1.75 bits per heavy atom. The smallest absolute Gasteiger partial charge is 0.347 e. The highest BCUT2D eigenvalue weighted by molar-refractivity contribution is 5.92. The van der Waals surface area contributed by atoms with Gasteiger partial charge in [0.2, 0.25) is 5.95 Å². The number of nitrogens with zero attached hydrogens (tertiary/aromatic N) is 2. The Labute approximate surface area is 159 Å². The van der Waals surface area contributed by atoms with E-state index in [1.54, 1.807) is 0 Å². The van der Waals surface area contributed by atoms with Crippen LogP contribution in [0.1, 0.15) is 27.2 Å². The van der Waals surface area contributed by atoms with Gasteiger partial charge in [-0.2, -0.15) is 13.2 Å². The first-order valence-corrected chi connectivity index (χ1v) is 8.43. The van der Waals surface area contributed by atoms with Gasteiger partial charge in [-0.25, -0.2) is 9.97 Å². The highest BCUT2D eigenvalue weighted by Crippen LogP contribution is 2.30. The molecule has 1 aromatic heterocycles. The molecule has 28 heavy (non-hydrogen) atoms. The van der Waals surface area contributed by atoms with Crippen LogP contribution in [0.25, 0.3) is 0 Å². The highest BCUT2D eigenvalue weighted by atomic mass is 19.4. The zero-order valence-corrected chi connectivity index (χ0v) is 14.9. The molecule has 3 rings (SSSR count). The zero-order valence-electron chi connectivity index (χ0n) is 14.9. The van der Waals surface area contributed by atoms with Crippen molar-refractivity contribution >= 4 is 17.5 Å². The monoisotopic (exact) mass is 386 g/mol. The molecule has 0 radical (unpaired) electrons. The van der Waals surface area contributed by atoms with Crippen LogP contribution in [0.4, 0.5) is 24.8 Å². The third-order valence-electron chi connectivity index (χ3n) is 4.06. The number of hydrogen-bond donors (Lipinski definition) is 2. The Balaban J connectivity index is 1.66. The molecule has 0 aliphatic heterocycles. The molecular weight excluding hydrogens is 369 g/mol. The van der Waals surface area contributed by atoms with Crippen LogP contribution in [0.3, 0.4) is 0 Å². The van der Waals surface area contributed by atoms with Crippen molar-refractivity contribution in [3.63, 3.8) is 0 Å². The van der Waals surface area contributed by atoms with E-state index < -0.39 is 11.7 Å². The topological polar surface area (TPSA) is 66.9 Å². The zero-order chi connectivity index (χ0) is 20.1. The highest BCUT2D eigenvalue weighted by Gasteiger charge is 2.29. The van der Waals surface area contributed by atoms with Gasteiger partial charge in [0.05, 0.1) is 5.56 Å². The number of amides is 1. The average molecular weight is 386 g/mol.